The van der Waals surface area contributed by atoms with Crippen molar-refractivity contribution >= 4 is 28.5 Å². The molecule has 1 saturated heterocycles. The molecule has 0 radical (unpaired) electrons. The molecular formula is C25H27F2N7. The molecule has 1 N–H and O–H groups in total. The number of aryl methyl sites for hydroxylation is 1. The van der Waals surface area contributed by atoms with Gasteiger partial charge in [-0.05, 0) is 24.5 Å². The average Bonchev–Trinajstić information content (AvgIpc) is 2.84. The number of para-hydroxylation sites is 1. The Balaban J connectivity index is 1.62. The first kappa shape index (κ1) is 23.4. The topological polar surface area (TPSA) is 80.4 Å². The van der Waals surface area contributed by atoms with Gasteiger partial charge in [0.25, 0.3) is 0 Å². The fourth-order valence-electron chi connectivity index (χ4n) is 4.24. The van der Waals surface area contributed by atoms with Crippen molar-refractivity contribution in [3.05, 3.63) is 59.8 Å². The van der Waals surface area contributed by atoms with Crippen LogP contribution >= 0.6 is 0 Å². The van der Waals surface area contributed by atoms with Gasteiger partial charge in [0.1, 0.15) is 5.82 Å². The van der Waals surface area contributed by atoms with E-state index >= 15 is 0 Å². The van der Waals surface area contributed by atoms with Crippen molar-refractivity contribution in [1.82, 2.24) is 14.9 Å². The van der Waals surface area contributed by atoms with Crippen molar-refractivity contribution in [2.75, 3.05) is 29.9 Å². The SMILES string of the molecule is CCC(C)C1CN(c2cnc3cc(F)c(F)cc3n2)CCN1/C(=N\C#N)Nc1ccccc1C. The third kappa shape index (κ3) is 4.76. The number of benzene rings is 2. The van der Waals surface area contributed by atoms with E-state index in [1.54, 1.807) is 6.20 Å². The first-order chi connectivity index (χ1) is 16.4. The number of fused-ring (bicyclic) bond motifs is 1. The number of nitrogens with zero attached hydrogens (tertiary/aromatic N) is 6. The van der Waals surface area contributed by atoms with Gasteiger partial charge < -0.3 is 15.1 Å². The molecule has 0 saturated carbocycles. The van der Waals surface area contributed by atoms with Gasteiger partial charge >= 0.3 is 0 Å². The van der Waals surface area contributed by atoms with Crippen molar-refractivity contribution in [2.24, 2.45) is 10.9 Å². The van der Waals surface area contributed by atoms with E-state index in [0.717, 1.165) is 29.8 Å². The molecule has 9 heteroatoms. The summed E-state index contributed by atoms with van der Waals surface area (Å²) in [5.41, 5.74) is 2.58. The zero-order chi connectivity index (χ0) is 24.2. The molecule has 0 aliphatic carbocycles. The van der Waals surface area contributed by atoms with E-state index in [-0.39, 0.29) is 6.04 Å². The van der Waals surface area contributed by atoms with Gasteiger partial charge in [0.05, 0.1) is 23.3 Å². The van der Waals surface area contributed by atoms with Crippen LogP contribution in [0.2, 0.25) is 0 Å². The van der Waals surface area contributed by atoms with Crippen LogP contribution in [0, 0.1) is 35.9 Å². The molecule has 1 aromatic heterocycles. The van der Waals surface area contributed by atoms with Gasteiger partial charge in [0.15, 0.2) is 11.6 Å². The molecule has 3 aromatic rings. The highest BCUT2D eigenvalue weighted by molar-refractivity contribution is 5.95. The molecule has 0 amide bonds. The van der Waals surface area contributed by atoms with Gasteiger partial charge in [-0.2, -0.15) is 5.26 Å². The maximum absolute atomic E-state index is 13.7. The molecule has 7 nitrogen and oxygen atoms in total. The number of piperazine rings is 1. The van der Waals surface area contributed by atoms with Crippen molar-refractivity contribution in [3.63, 3.8) is 0 Å². The summed E-state index contributed by atoms with van der Waals surface area (Å²) in [4.78, 5) is 17.2. The highest BCUT2D eigenvalue weighted by atomic mass is 19.2. The van der Waals surface area contributed by atoms with Crippen LogP contribution in [0.25, 0.3) is 11.0 Å². The van der Waals surface area contributed by atoms with Crippen molar-refractivity contribution in [1.29, 1.82) is 5.26 Å². The molecule has 1 fully saturated rings. The Hall–Kier alpha value is -3.80. The Morgan fingerprint density at radius 3 is 2.68 bits per heavy atom. The molecule has 2 atom stereocenters. The maximum Gasteiger partial charge on any atom is 0.214 e. The predicted molar refractivity (Wildman–Crippen MR) is 129 cm³/mol. The number of halogens is 2. The third-order valence-corrected chi connectivity index (χ3v) is 6.43. The van der Waals surface area contributed by atoms with Crippen LogP contribution in [0.3, 0.4) is 0 Å². The number of hydrogen-bond donors (Lipinski definition) is 1. The van der Waals surface area contributed by atoms with Gasteiger partial charge in [0, 0.05) is 37.5 Å². The second-order valence-corrected chi connectivity index (χ2v) is 8.55. The van der Waals surface area contributed by atoms with E-state index in [2.05, 4.69) is 43.9 Å². The lowest BCUT2D eigenvalue weighted by molar-refractivity contribution is 0.210. The molecule has 1 aliphatic rings. The number of rotatable bonds is 4. The Morgan fingerprint density at radius 1 is 1.24 bits per heavy atom. The lowest BCUT2D eigenvalue weighted by Gasteiger charge is -2.45. The minimum Gasteiger partial charge on any atom is -0.351 e. The predicted octanol–water partition coefficient (Wildman–Crippen LogP) is 4.70. The van der Waals surface area contributed by atoms with Crippen LogP contribution in [0.1, 0.15) is 25.8 Å². The largest absolute Gasteiger partial charge is 0.351 e. The molecule has 2 unspecified atom stereocenters. The number of nitrogens with one attached hydrogen (secondary N) is 1. The number of aliphatic imine (C=N–C) groups is 1. The van der Waals surface area contributed by atoms with E-state index in [1.165, 1.54) is 0 Å². The third-order valence-electron chi connectivity index (χ3n) is 6.43. The summed E-state index contributed by atoms with van der Waals surface area (Å²) in [5.74, 6) is -0.461. The molecule has 176 valence electrons. The number of guanidine groups is 1. The molecule has 0 spiro atoms. The van der Waals surface area contributed by atoms with E-state index in [1.807, 2.05) is 37.4 Å². The second-order valence-electron chi connectivity index (χ2n) is 8.55. The van der Waals surface area contributed by atoms with E-state index < -0.39 is 11.6 Å². The van der Waals surface area contributed by atoms with Crippen molar-refractivity contribution < 1.29 is 8.78 Å². The van der Waals surface area contributed by atoms with Gasteiger partial charge in [-0.15, -0.1) is 4.99 Å². The van der Waals surface area contributed by atoms with Crippen LogP contribution in [-0.4, -0.2) is 46.5 Å². The second kappa shape index (κ2) is 10.00. The number of hydrogen-bond acceptors (Lipinski definition) is 5. The monoisotopic (exact) mass is 463 g/mol. The molecule has 2 aromatic carbocycles. The van der Waals surface area contributed by atoms with E-state index in [4.69, 9.17) is 0 Å². The standard InChI is InChI=1S/C25H27F2N7/c1-4-16(2)23-14-33(24-13-29-21-11-18(26)19(27)12-22(21)31-24)9-10-34(23)25(30-15-28)32-20-8-6-5-7-17(20)3/h5-8,11-13,16,23H,4,9-10,14H2,1-3H3,(H,30,32). The number of nitriles is 1. The molecular weight excluding hydrogens is 436 g/mol. The lowest BCUT2D eigenvalue weighted by Crippen LogP contribution is -2.59. The zero-order valence-electron chi connectivity index (χ0n) is 19.5. The maximum atomic E-state index is 13.7. The summed E-state index contributed by atoms with van der Waals surface area (Å²) in [5, 5.41) is 12.7. The van der Waals surface area contributed by atoms with Crippen LogP contribution in [0.4, 0.5) is 20.3 Å². The first-order valence-electron chi connectivity index (χ1n) is 11.3. The Labute approximate surface area is 197 Å². The fraction of sp³-hybridized carbons (Fsp3) is 0.360. The van der Waals surface area contributed by atoms with Crippen LogP contribution in [0.5, 0.6) is 0 Å². The first-order valence-corrected chi connectivity index (χ1v) is 11.3. The summed E-state index contributed by atoms with van der Waals surface area (Å²) in [7, 11) is 0. The summed E-state index contributed by atoms with van der Waals surface area (Å²) in [6, 6.07) is 10.1. The Kier molecular flexibility index (Phi) is 6.87. The summed E-state index contributed by atoms with van der Waals surface area (Å²) >= 11 is 0. The van der Waals surface area contributed by atoms with Gasteiger partial charge in [-0.1, -0.05) is 38.5 Å². The Morgan fingerprint density at radius 2 is 1.97 bits per heavy atom. The van der Waals surface area contributed by atoms with Crippen molar-refractivity contribution in [2.45, 2.75) is 33.2 Å². The minimum atomic E-state index is -0.944. The van der Waals surface area contributed by atoms with E-state index in [9.17, 15) is 14.0 Å². The highest BCUT2D eigenvalue weighted by Gasteiger charge is 2.33. The lowest BCUT2D eigenvalue weighted by atomic mass is 9.95. The Bertz CT molecular complexity index is 1250. The van der Waals surface area contributed by atoms with Crippen molar-refractivity contribution in [3.8, 4) is 6.19 Å². The summed E-state index contributed by atoms with van der Waals surface area (Å²) in [6.07, 6.45) is 4.47. The molecule has 1 aliphatic heterocycles. The van der Waals surface area contributed by atoms with Crippen LogP contribution in [0.15, 0.2) is 47.6 Å². The summed E-state index contributed by atoms with van der Waals surface area (Å²) in [6.45, 7) is 8.14. The minimum absolute atomic E-state index is 0.0461. The molecule has 34 heavy (non-hydrogen) atoms. The van der Waals surface area contributed by atoms with Crippen LogP contribution < -0.4 is 10.2 Å². The smallest absolute Gasteiger partial charge is 0.214 e. The summed E-state index contributed by atoms with van der Waals surface area (Å²) < 4.78 is 27.3. The normalized spacial score (nSPS) is 17.5. The number of anilines is 2. The van der Waals surface area contributed by atoms with Gasteiger partial charge in [0.2, 0.25) is 12.2 Å². The fourth-order valence-corrected chi connectivity index (χ4v) is 4.24. The van der Waals surface area contributed by atoms with Gasteiger partial charge in [-0.25, -0.2) is 13.8 Å². The van der Waals surface area contributed by atoms with Gasteiger partial charge in [-0.3, -0.25) is 4.98 Å². The highest BCUT2D eigenvalue weighted by Crippen LogP contribution is 2.26. The zero-order valence-corrected chi connectivity index (χ0v) is 19.5. The quantitative estimate of drug-likeness (QED) is 0.343. The van der Waals surface area contributed by atoms with Crippen LogP contribution in [-0.2, 0) is 0 Å². The van der Waals surface area contributed by atoms with E-state index in [0.29, 0.717) is 48.4 Å². The molecule has 4 rings (SSSR count). The molecule has 0 bridgehead atoms. The molecule has 2 heterocycles. The average molecular weight is 464 g/mol. The number of aromatic nitrogens is 2.